The molecule has 1 aromatic carbocycles. The summed E-state index contributed by atoms with van der Waals surface area (Å²) in [6.07, 6.45) is 2.04. The van der Waals surface area contributed by atoms with Gasteiger partial charge in [0.25, 0.3) is 0 Å². The fourth-order valence-corrected chi connectivity index (χ4v) is 6.62. The van der Waals surface area contributed by atoms with Crippen molar-refractivity contribution < 1.29 is 13.2 Å². The number of pyridine rings is 1. The van der Waals surface area contributed by atoms with Gasteiger partial charge in [0.1, 0.15) is 5.65 Å². The molecule has 0 amide bonds. The molecule has 4 aromatic rings. The molecule has 192 valence electrons. The van der Waals surface area contributed by atoms with Crippen LogP contribution in [0.5, 0.6) is 0 Å². The third-order valence-electron chi connectivity index (χ3n) is 6.04. The fraction of sp³-hybridized carbons (Fsp3) is 0.400. The second-order valence-corrected chi connectivity index (χ2v) is 11.4. The highest BCUT2D eigenvalue weighted by Crippen LogP contribution is 2.31. The number of fused-ring (bicyclic) bond motifs is 1. The van der Waals surface area contributed by atoms with E-state index in [0.717, 1.165) is 22.2 Å². The first kappa shape index (κ1) is 26.3. The van der Waals surface area contributed by atoms with Crippen LogP contribution in [0.25, 0.3) is 17.0 Å². The molecule has 0 fully saturated rings. The van der Waals surface area contributed by atoms with Gasteiger partial charge in [0.15, 0.2) is 11.0 Å². The first-order valence-electron chi connectivity index (χ1n) is 11.9. The lowest BCUT2D eigenvalue weighted by Gasteiger charge is -2.20. The lowest BCUT2D eigenvalue weighted by atomic mass is 10.2. The minimum Gasteiger partial charge on any atom is -0.383 e. The lowest BCUT2D eigenvalue weighted by Crippen LogP contribution is -2.30. The molecule has 9 nitrogen and oxygen atoms in total. The van der Waals surface area contributed by atoms with Gasteiger partial charge in [-0.2, -0.15) is 4.31 Å². The molecule has 0 bridgehead atoms. The van der Waals surface area contributed by atoms with E-state index < -0.39 is 10.0 Å². The summed E-state index contributed by atoms with van der Waals surface area (Å²) >= 11 is 1.54. The topological polar surface area (TPSA) is 94.6 Å². The molecule has 0 radical (unpaired) electrons. The van der Waals surface area contributed by atoms with Crippen LogP contribution in [0.3, 0.4) is 0 Å². The van der Waals surface area contributed by atoms with Crippen molar-refractivity contribution in [3.8, 4) is 11.4 Å². The molecule has 0 aliphatic carbocycles. The Balaban J connectivity index is 1.68. The number of benzene rings is 1. The molecule has 0 saturated carbocycles. The number of ether oxygens (including phenoxy) is 1. The van der Waals surface area contributed by atoms with E-state index in [2.05, 4.69) is 27.6 Å². The Hall–Kier alpha value is -2.73. The zero-order valence-corrected chi connectivity index (χ0v) is 22.9. The molecule has 0 spiro atoms. The number of imidazole rings is 1. The van der Waals surface area contributed by atoms with Crippen molar-refractivity contribution in [3.63, 3.8) is 0 Å². The van der Waals surface area contributed by atoms with Gasteiger partial charge < -0.3 is 9.14 Å². The molecular weight excluding hydrogens is 496 g/mol. The van der Waals surface area contributed by atoms with Crippen molar-refractivity contribution in [1.29, 1.82) is 0 Å². The fourth-order valence-electron chi connectivity index (χ4n) is 4.20. The summed E-state index contributed by atoms with van der Waals surface area (Å²) in [5, 5.41) is 9.66. The van der Waals surface area contributed by atoms with Crippen LogP contribution in [0.2, 0.25) is 0 Å². The molecule has 3 heterocycles. The third-order valence-corrected chi connectivity index (χ3v) is 9.07. The first-order chi connectivity index (χ1) is 17.3. The van der Waals surface area contributed by atoms with Crippen LogP contribution in [-0.2, 0) is 20.5 Å². The monoisotopic (exact) mass is 528 g/mol. The highest BCUT2D eigenvalue weighted by atomic mass is 32.2. The van der Waals surface area contributed by atoms with Gasteiger partial charge in [-0.1, -0.05) is 43.8 Å². The minimum atomic E-state index is -3.60. The molecule has 0 saturated heterocycles. The van der Waals surface area contributed by atoms with Crippen LogP contribution in [0.1, 0.15) is 38.2 Å². The van der Waals surface area contributed by atoms with E-state index in [0.29, 0.717) is 36.8 Å². The molecule has 4 rings (SSSR count). The van der Waals surface area contributed by atoms with Gasteiger partial charge in [-0.25, -0.2) is 13.4 Å². The predicted octanol–water partition coefficient (Wildman–Crippen LogP) is 4.43. The van der Waals surface area contributed by atoms with Gasteiger partial charge >= 0.3 is 0 Å². The van der Waals surface area contributed by atoms with Gasteiger partial charge in [-0.15, -0.1) is 10.2 Å². The second kappa shape index (κ2) is 11.1. The highest BCUT2D eigenvalue weighted by Gasteiger charge is 2.24. The minimum absolute atomic E-state index is 0.0612. The number of rotatable bonds is 11. The zero-order chi connectivity index (χ0) is 25.9. The second-order valence-electron chi connectivity index (χ2n) is 8.51. The number of thioether (sulfide) groups is 1. The lowest BCUT2D eigenvalue weighted by molar-refractivity contribution is 0.159. The van der Waals surface area contributed by atoms with Crippen molar-refractivity contribution in [2.75, 3.05) is 26.8 Å². The summed E-state index contributed by atoms with van der Waals surface area (Å²) < 4.78 is 37.2. The Kier molecular flexibility index (Phi) is 8.13. The van der Waals surface area contributed by atoms with Gasteiger partial charge in [-0.05, 0) is 38.1 Å². The molecule has 1 unspecified atom stereocenters. The van der Waals surface area contributed by atoms with Gasteiger partial charge in [-0.3, -0.25) is 4.57 Å². The SMILES string of the molecule is CCN(CC)S(=O)(=O)c1cccc(-c2nnc(SCc3cn4c(C)cccc4n3)n2C(C)COC)c1. The maximum atomic E-state index is 13.1. The van der Waals surface area contributed by atoms with Crippen molar-refractivity contribution in [2.24, 2.45) is 0 Å². The van der Waals surface area contributed by atoms with Crippen LogP contribution < -0.4 is 0 Å². The van der Waals surface area contributed by atoms with E-state index in [4.69, 9.17) is 9.72 Å². The number of hydrogen-bond donors (Lipinski definition) is 0. The van der Waals surface area contributed by atoms with Crippen LogP contribution in [0, 0.1) is 6.92 Å². The van der Waals surface area contributed by atoms with Gasteiger partial charge in [0.05, 0.1) is 23.2 Å². The largest absolute Gasteiger partial charge is 0.383 e. The summed E-state index contributed by atoms with van der Waals surface area (Å²) in [6.45, 7) is 9.04. The van der Waals surface area contributed by atoms with Gasteiger partial charge in [0, 0.05) is 43.4 Å². The van der Waals surface area contributed by atoms with Crippen LogP contribution in [0.4, 0.5) is 0 Å². The Bertz CT molecular complexity index is 1440. The third kappa shape index (κ3) is 5.19. The van der Waals surface area contributed by atoms with Crippen LogP contribution in [0.15, 0.2) is 58.7 Å². The molecule has 0 aliphatic heterocycles. The Morgan fingerprint density at radius 3 is 2.56 bits per heavy atom. The average molecular weight is 529 g/mol. The molecule has 36 heavy (non-hydrogen) atoms. The Morgan fingerprint density at radius 2 is 1.86 bits per heavy atom. The number of methoxy groups -OCH3 is 1. The van der Waals surface area contributed by atoms with Crippen molar-refractivity contribution in [2.45, 2.75) is 49.5 Å². The number of aromatic nitrogens is 5. The average Bonchev–Trinajstić information content (AvgIpc) is 3.48. The summed E-state index contributed by atoms with van der Waals surface area (Å²) in [4.78, 5) is 4.97. The van der Waals surface area contributed by atoms with Crippen molar-refractivity contribution >= 4 is 27.4 Å². The normalized spacial score (nSPS) is 13.1. The van der Waals surface area contributed by atoms with E-state index in [1.165, 1.54) is 4.31 Å². The summed E-state index contributed by atoms with van der Waals surface area (Å²) in [5.74, 6) is 1.22. The Labute approximate surface area is 216 Å². The van der Waals surface area contributed by atoms with Crippen molar-refractivity contribution in [3.05, 3.63) is 60.0 Å². The molecular formula is C25H32N6O3S2. The predicted molar refractivity (Wildman–Crippen MR) is 142 cm³/mol. The first-order valence-corrected chi connectivity index (χ1v) is 14.3. The molecule has 11 heteroatoms. The summed E-state index contributed by atoms with van der Waals surface area (Å²) in [7, 11) is -1.94. The molecule has 1 atom stereocenters. The molecule has 0 aliphatic rings. The summed E-state index contributed by atoms with van der Waals surface area (Å²) in [6, 6.07) is 12.9. The van der Waals surface area contributed by atoms with Crippen LogP contribution in [-0.4, -0.2) is 63.7 Å². The zero-order valence-electron chi connectivity index (χ0n) is 21.2. The standard InChI is InChI=1S/C25H32N6O3S2/c1-6-29(7-2)36(32,33)22-12-9-11-20(14-22)24-27-28-25(31(24)19(4)16-34-5)35-17-21-15-30-18(3)10-8-13-23(30)26-21/h8-15,19H,6-7,16-17H2,1-5H3. The number of nitrogens with zero attached hydrogens (tertiary/aromatic N) is 6. The van der Waals surface area contributed by atoms with E-state index in [1.807, 2.05) is 49.7 Å². The molecule has 0 N–H and O–H groups in total. The Morgan fingerprint density at radius 1 is 1.11 bits per heavy atom. The summed E-state index contributed by atoms with van der Waals surface area (Å²) in [5.41, 5.74) is 3.66. The quantitative estimate of drug-likeness (QED) is 0.266. The van der Waals surface area contributed by atoms with E-state index in [1.54, 1.807) is 37.1 Å². The van der Waals surface area contributed by atoms with E-state index >= 15 is 0 Å². The van der Waals surface area contributed by atoms with E-state index in [9.17, 15) is 8.42 Å². The van der Waals surface area contributed by atoms with Crippen molar-refractivity contribution in [1.82, 2.24) is 28.5 Å². The maximum Gasteiger partial charge on any atom is 0.243 e. The van der Waals surface area contributed by atoms with Gasteiger partial charge in [0.2, 0.25) is 10.0 Å². The smallest absolute Gasteiger partial charge is 0.243 e. The maximum absolute atomic E-state index is 13.1. The number of hydrogen-bond acceptors (Lipinski definition) is 7. The number of sulfonamides is 1. The highest BCUT2D eigenvalue weighted by molar-refractivity contribution is 7.98. The van der Waals surface area contributed by atoms with E-state index in [-0.39, 0.29) is 10.9 Å². The number of aryl methyl sites for hydroxylation is 1. The molecule has 3 aromatic heterocycles. The van der Waals surface area contributed by atoms with Crippen LogP contribution >= 0.6 is 11.8 Å².